The summed E-state index contributed by atoms with van der Waals surface area (Å²) in [7, 11) is -3.23. The third-order valence-electron chi connectivity index (χ3n) is 3.75. The molecule has 1 saturated heterocycles. The molecule has 0 spiro atoms. The van der Waals surface area contributed by atoms with Gasteiger partial charge in [0.2, 0.25) is 10.0 Å². The van der Waals surface area contributed by atoms with Gasteiger partial charge in [0.05, 0.1) is 11.8 Å². The predicted octanol–water partition coefficient (Wildman–Crippen LogP) is 3.84. The van der Waals surface area contributed by atoms with Crippen LogP contribution in [0, 0.1) is 6.92 Å². The standard InChI is InChI=1S/C14H18F3NO3S.C2H6/c1-10-12(14(15,16)17)4-3-5-13(10)21-11-6-8-18(9-7-11)22(2,19)20;1-2/h3-5,11H,6-9H2,1-2H3;1-2H3. The molecule has 8 heteroatoms. The summed E-state index contributed by atoms with van der Waals surface area (Å²) >= 11 is 0. The molecule has 0 saturated carbocycles. The lowest BCUT2D eigenvalue weighted by atomic mass is 10.1. The second-order valence-electron chi connectivity index (χ2n) is 5.41. The summed E-state index contributed by atoms with van der Waals surface area (Å²) in [5.41, 5.74) is -0.654. The molecule has 1 aliphatic heterocycles. The summed E-state index contributed by atoms with van der Waals surface area (Å²) in [6.45, 7) is 6.02. The van der Waals surface area contributed by atoms with Gasteiger partial charge in [-0.1, -0.05) is 19.9 Å². The molecule has 0 radical (unpaired) electrons. The summed E-state index contributed by atoms with van der Waals surface area (Å²) in [6, 6.07) is 3.85. The third-order valence-corrected chi connectivity index (χ3v) is 5.06. The van der Waals surface area contributed by atoms with E-state index in [4.69, 9.17) is 4.74 Å². The molecule has 1 fully saturated rings. The molecule has 0 atom stereocenters. The van der Waals surface area contributed by atoms with Gasteiger partial charge in [-0.3, -0.25) is 0 Å². The number of ether oxygens (including phenoxy) is 1. The fourth-order valence-corrected chi connectivity index (χ4v) is 3.38. The first-order chi connectivity index (χ1) is 11.1. The first-order valence-electron chi connectivity index (χ1n) is 7.87. The van der Waals surface area contributed by atoms with Crippen molar-refractivity contribution < 1.29 is 26.3 Å². The van der Waals surface area contributed by atoms with E-state index in [1.165, 1.54) is 23.4 Å². The zero-order chi connectivity index (χ0) is 18.5. The van der Waals surface area contributed by atoms with Gasteiger partial charge >= 0.3 is 6.18 Å². The van der Waals surface area contributed by atoms with E-state index in [9.17, 15) is 21.6 Å². The number of benzene rings is 1. The molecule has 1 aromatic rings. The Hall–Kier alpha value is -1.28. The Morgan fingerprint density at radius 1 is 1.17 bits per heavy atom. The van der Waals surface area contributed by atoms with E-state index >= 15 is 0 Å². The molecule has 0 N–H and O–H groups in total. The summed E-state index contributed by atoms with van der Waals surface area (Å²) in [6.07, 6.45) is -2.63. The summed E-state index contributed by atoms with van der Waals surface area (Å²) in [5.74, 6) is 0.202. The van der Waals surface area contributed by atoms with Gasteiger partial charge in [-0.2, -0.15) is 13.2 Å². The fourth-order valence-electron chi connectivity index (χ4n) is 2.51. The monoisotopic (exact) mass is 367 g/mol. The Kier molecular flexibility index (Phi) is 7.10. The van der Waals surface area contributed by atoms with Crippen molar-refractivity contribution in [1.82, 2.24) is 4.31 Å². The number of hydrogen-bond acceptors (Lipinski definition) is 3. The van der Waals surface area contributed by atoms with Crippen LogP contribution in [0.15, 0.2) is 18.2 Å². The molecule has 0 unspecified atom stereocenters. The van der Waals surface area contributed by atoms with E-state index in [0.29, 0.717) is 25.9 Å². The van der Waals surface area contributed by atoms with Crippen molar-refractivity contribution in [2.45, 2.75) is 45.9 Å². The van der Waals surface area contributed by atoms with Gasteiger partial charge in [-0.15, -0.1) is 0 Å². The lowest BCUT2D eigenvalue weighted by Gasteiger charge is -2.31. The van der Waals surface area contributed by atoms with Crippen LogP contribution in [0.25, 0.3) is 0 Å². The maximum absolute atomic E-state index is 12.9. The summed E-state index contributed by atoms with van der Waals surface area (Å²) < 4.78 is 68.4. The van der Waals surface area contributed by atoms with Crippen LogP contribution in [0.5, 0.6) is 5.75 Å². The van der Waals surface area contributed by atoms with Gasteiger partial charge in [-0.25, -0.2) is 12.7 Å². The van der Waals surface area contributed by atoms with Crippen LogP contribution in [0.2, 0.25) is 0 Å². The smallest absolute Gasteiger partial charge is 0.416 e. The number of nitrogens with zero attached hydrogens (tertiary/aromatic N) is 1. The molecule has 0 bridgehead atoms. The first-order valence-corrected chi connectivity index (χ1v) is 9.72. The molecule has 1 aromatic carbocycles. The van der Waals surface area contributed by atoms with Gasteiger partial charge < -0.3 is 4.74 Å². The van der Waals surface area contributed by atoms with Crippen LogP contribution in [-0.4, -0.2) is 38.2 Å². The molecule has 4 nitrogen and oxygen atoms in total. The number of halogens is 3. The highest BCUT2D eigenvalue weighted by atomic mass is 32.2. The van der Waals surface area contributed by atoms with Crippen LogP contribution in [0.3, 0.4) is 0 Å². The minimum absolute atomic E-state index is 0.0561. The molecular weight excluding hydrogens is 343 g/mol. The number of alkyl halides is 3. The van der Waals surface area contributed by atoms with Gasteiger partial charge in [0.1, 0.15) is 11.9 Å². The van der Waals surface area contributed by atoms with Crippen molar-refractivity contribution in [3.63, 3.8) is 0 Å². The minimum Gasteiger partial charge on any atom is -0.490 e. The average molecular weight is 367 g/mol. The molecular formula is C16H24F3NO3S. The highest BCUT2D eigenvalue weighted by Crippen LogP contribution is 2.36. The van der Waals surface area contributed by atoms with Gasteiger partial charge in [0, 0.05) is 18.7 Å². The SMILES string of the molecule is CC.Cc1c(OC2CCN(S(C)(=O)=O)CC2)cccc1C(F)(F)F. The van der Waals surface area contributed by atoms with Crippen LogP contribution in [0.4, 0.5) is 13.2 Å². The zero-order valence-electron chi connectivity index (χ0n) is 14.4. The average Bonchev–Trinajstić information content (AvgIpc) is 2.50. The Morgan fingerprint density at radius 3 is 2.17 bits per heavy atom. The third kappa shape index (κ3) is 5.37. The zero-order valence-corrected chi connectivity index (χ0v) is 15.2. The molecule has 0 amide bonds. The quantitative estimate of drug-likeness (QED) is 0.815. The van der Waals surface area contributed by atoms with E-state index in [1.807, 2.05) is 13.8 Å². The summed E-state index contributed by atoms with van der Waals surface area (Å²) in [5, 5.41) is 0. The minimum atomic E-state index is -4.41. The van der Waals surface area contributed by atoms with Crippen LogP contribution in [0.1, 0.15) is 37.8 Å². The molecule has 24 heavy (non-hydrogen) atoms. The van der Waals surface area contributed by atoms with Crippen molar-refractivity contribution in [3.05, 3.63) is 29.3 Å². The van der Waals surface area contributed by atoms with Gasteiger partial charge in [0.15, 0.2) is 0 Å². The Morgan fingerprint density at radius 2 is 1.71 bits per heavy atom. The van der Waals surface area contributed by atoms with E-state index < -0.39 is 21.8 Å². The molecule has 0 aliphatic carbocycles. The van der Waals surface area contributed by atoms with Crippen molar-refractivity contribution in [1.29, 1.82) is 0 Å². The lowest BCUT2D eigenvalue weighted by Crippen LogP contribution is -2.41. The second-order valence-corrected chi connectivity index (χ2v) is 7.39. The van der Waals surface area contributed by atoms with Gasteiger partial charge in [-0.05, 0) is 31.9 Å². The van der Waals surface area contributed by atoms with E-state index in [-0.39, 0.29) is 17.4 Å². The molecule has 2 rings (SSSR count). The first kappa shape index (κ1) is 20.8. The topological polar surface area (TPSA) is 46.6 Å². The second kappa shape index (κ2) is 8.20. The maximum Gasteiger partial charge on any atom is 0.416 e. The molecule has 1 aliphatic rings. The van der Waals surface area contributed by atoms with Crippen molar-refractivity contribution >= 4 is 10.0 Å². The molecule has 1 heterocycles. The lowest BCUT2D eigenvalue weighted by molar-refractivity contribution is -0.138. The Bertz CT molecular complexity index is 636. The number of sulfonamides is 1. The molecule has 138 valence electrons. The number of rotatable bonds is 3. The van der Waals surface area contributed by atoms with Crippen molar-refractivity contribution in [2.24, 2.45) is 0 Å². The van der Waals surface area contributed by atoms with E-state index in [1.54, 1.807) is 0 Å². The van der Waals surface area contributed by atoms with Crippen molar-refractivity contribution in [2.75, 3.05) is 19.3 Å². The van der Waals surface area contributed by atoms with E-state index in [2.05, 4.69) is 0 Å². The maximum atomic E-state index is 12.9. The molecule has 0 aromatic heterocycles. The Balaban J connectivity index is 0.00000139. The largest absolute Gasteiger partial charge is 0.490 e. The van der Waals surface area contributed by atoms with Gasteiger partial charge in [0.25, 0.3) is 0 Å². The van der Waals surface area contributed by atoms with Crippen LogP contribution >= 0.6 is 0 Å². The Labute approximate surface area is 141 Å². The number of hydrogen-bond donors (Lipinski definition) is 0. The highest BCUT2D eigenvalue weighted by Gasteiger charge is 2.34. The van der Waals surface area contributed by atoms with E-state index in [0.717, 1.165) is 12.3 Å². The van der Waals surface area contributed by atoms with Crippen LogP contribution < -0.4 is 4.74 Å². The normalized spacial score (nSPS) is 17.1. The highest BCUT2D eigenvalue weighted by molar-refractivity contribution is 7.88. The summed E-state index contributed by atoms with van der Waals surface area (Å²) in [4.78, 5) is 0. The number of piperidine rings is 1. The fraction of sp³-hybridized carbons (Fsp3) is 0.625. The predicted molar refractivity (Wildman–Crippen MR) is 87.6 cm³/mol. The van der Waals surface area contributed by atoms with Crippen molar-refractivity contribution in [3.8, 4) is 5.75 Å². The van der Waals surface area contributed by atoms with Crippen LogP contribution in [-0.2, 0) is 16.2 Å².